The van der Waals surface area contributed by atoms with E-state index in [1.165, 1.54) is 12.3 Å². The van der Waals surface area contributed by atoms with Gasteiger partial charge in [-0.1, -0.05) is 0 Å². The monoisotopic (exact) mass is 274 g/mol. The standard InChI is InChI=1S/C13H14N4O3/c1-9-15-16-12(17(9)2)8-20-11-5-3-10(14-7-11)4-6-13(18)19/h3-7H,8H2,1-2H3,(H,18,19). The first-order valence-corrected chi connectivity index (χ1v) is 5.91. The molecule has 2 aromatic heterocycles. The number of rotatable bonds is 5. The molecule has 0 aliphatic heterocycles. The lowest BCUT2D eigenvalue weighted by atomic mass is 10.3. The fourth-order valence-corrected chi connectivity index (χ4v) is 1.46. The summed E-state index contributed by atoms with van der Waals surface area (Å²) in [6.07, 6.45) is 3.98. The average molecular weight is 274 g/mol. The molecule has 20 heavy (non-hydrogen) atoms. The maximum atomic E-state index is 10.4. The van der Waals surface area contributed by atoms with Crippen LogP contribution < -0.4 is 4.74 Å². The van der Waals surface area contributed by atoms with Gasteiger partial charge in [0.1, 0.15) is 18.2 Å². The van der Waals surface area contributed by atoms with Crippen LogP contribution in [0, 0.1) is 6.92 Å². The summed E-state index contributed by atoms with van der Waals surface area (Å²) in [5.41, 5.74) is 0.550. The fraction of sp³-hybridized carbons (Fsp3) is 0.231. The van der Waals surface area contributed by atoms with Gasteiger partial charge in [0.25, 0.3) is 0 Å². The van der Waals surface area contributed by atoms with Gasteiger partial charge in [0.15, 0.2) is 5.82 Å². The van der Waals surface area contributed by atoms with Crippen molar-refractivity contribution >= 4 is 12.0 Å². The molecule has 7 heteroatoms. The first-order chi connectivity index (χ1) is 9.56. The molecule has 2 heterocycles. The SMILES string of the molecule is Cc1nnc(COc2ccc(C=CC(=O)O)nc2)n1C. The van der Waals surface area contributed by atoms with E-state index in [2.05, 4.69) is 15.2 Å². The van der Waals surface area contributed by atoms with E-state index in [1.807, 2.05) is 18.5 Å². The predicted molar refractivity (Wildman–Crippen MR) is 71.0 cm³/mol. The fourth-order valence-electron chi connectivity index (χ4n) is 1.46. The van der Waals surface area contributed by atoms with Crippen LogP contribution in [0.5, 0.6) is 5.75 Å². The highest BCUT2D eigenvalue weighted by Crippen LogP contribution is 2.12. The molecule has 0 bridgehead atoms. The highest BCUT2D eigenvalue weighted by Gasteiger charge is 2.05. The van der Waals surface area contributed by atoms with Gasteiger partial charge in [-0.15, -0.1) is 10.2 Å². The van der Waals surface area contributed by atoms with Gasteiger partial charge in [-0.25, -0.2) is 4.79 Å². The lowest BCUT2D eigenvalue weighted by molar-refractivity contribution is -0.131. The Morgan fingerprint density at radius 2 is 2.25 bits per heavy atom. The third kappa shape index (κ3) is 3.41. The van der Waals surface area contributed by atoms with Crippen molar-refractivity contribution in [2.24, 2.45) is 7.05 Å². The van der Waals surface area contributed by atoms with Crippen LogP contribution >= 0.6 is 0 Å². The number of carbonyl (C=O) groups is 1. The number of aliphatic carboxylic acids is 1. The van der Waals surface area contributed by atoms with Crippen molar-refractivity contribution in [3.63, 3.8) is 0 Å². The van der Waals surface area contributed by atoms with Crippen LogP contribution in [-0.2, 0) is 18.4 Å². The Labute approximate surface area is 115 Å². The van der Waals surface area contributed by atoms with Crippen molar-refractivity contribution in [2.45, 2.75) is 13.5 Å². The quantitative estimate of drug-likeness (QED) is 0.824. The predicted octanol–water partition coefficient (Wildman–Crippen LogP) is 1.20. The van der Waals surface area contributed by atoms with Gasteiger partial charge in [0.2, 0.25) is 0 Å². The zero-order valence-corrected chi connectivity index (χ0v) is 11.1. The van der Waals surface area contributed by atoms with Gasteiger partial charge in [-0.2, -0.15) is 0 Å². The lowest BCUT2D eigenvalue weighted by Crippen LogP contribution is -2.04. The molecule has 7 nitrogen and oxygen atoms in total. The van der Waals surface area contributed by atoms with E-state index in [-0.39, 0.29) is 0 Å². The highest BCUT2D eigenvalue weighted by molar-refractivity contribution is 5.84. The zero-order chi connectivity index (χ0) is 14.5. The number of pyridine rings is 1. The van der Waals surface area contributed by atoms with Crippen LogP contribution in [0.15, 0.2) is 24.4 Å². The molecule has 0 aliphatic rings. The van der Waals surface area contributed by atoms with E-state index in [1.54, 1.807) is 12.1 Å². The minimum Gasteiger partial charge on any atom is -0.484 e. The van der Waals surface area contributed by atoms with Crippen LogP contribution in [0.2, 0.25) is 0 Å². The molecule has 0 saturated carbocycles. The highest BCUT2D eigenvalue weighted by atomic mass is 16.5. The average Bonchev–Trinajstić information content (AvgIpc) is 2.75. The number of carboxylic acid groups (broad SMARTS) is 1. The van der Waals surface area contributed by atoms with E-state index >= 15 is 0 Å². The first kappa shape index (κ1) is 13.7. The molecule has 0 saturated heterocycles. The normalized spacial score (nSPS) is 10.9. The van der Waals surface area contributed by atoms with Gasteiger partial charge in [0.05, 0.1) is 11.9 Å². The molecule has 2 rings (SSSR count). The molecule has 0 fully saturated rings. The Hall–Kier alpha value is -2.70. The van der Waals surface area contributed by atoms with E-state index in [0.717, 1.165) is 17.7 Å². The number of hydrogen-bond donors (Lipinski definition) is 1. The molecule has 0 aliphatic carbocycles. The first-order valence-electron chi connectivity index (χ1n) is 5.91. The Morgan fingerprint density at radius 3 is 2.80 bits per heavy atom. The van der Waals surface area contributed by atoms with Crippen molar-refractivity contribution in [3.05, 3.63) is 41.7 Å². The molecule has 104 valence electrons. The second-order valence-electron chi connectivity index (χ2n) is 4.10. The number of ether oxygens (including phenoxy) is 1. The van der Waals surface area contributed by atoms with Gasteiger partial charge in [-0.05, 0) is 25.1 Å². The number of aromatic nitrogens is 4. The maximum Gasteiger partial charge on any atom is 0.328 e. The number of carboxylic acids is 1. The van der Waals surface area contributed by atoms with Crippen molar-refractivity contribution in [1.82, 2.24) is 19.7 Å². The van der Waals surface area contributed by atoms with Crippen molar-refractivity contribution in [2.75, 3.05) is 0 Å². The molecular weight excluding hydrogens is 260 g/mol. The number of nitrogens with zero attached hydrogens (tertiary/aromatic N) is 4. The van der Waals surface area contributed by atoms with E-state index in [0.29, 0.717) is 18.1 Å². The minimum absolute atomic E-state index is 0.295. The number of hydrogen-bond acceptors (Lipinski definition) is 5. The van der Waals surface area contributed by atoms with Crippen LogP contribution in [0.4, 0.5) is 0 Å². The summed E-state index contributed by atoms with van der Waals surface area (Å²) in [4.78, 5) is 14.5. The zero-order valence-electron chi connectivity index (χ0n) is 11.1. The van der Waals surface area contributed by atoms with Gasteiger partial charge >= 0.3 is 5.97 Å². The van der Waals surface area contributed by atoms with E-state index < -0.39 is 5.97 Å². The van der Waals surface area contributed by atoms with Crippen LogP contribution in [-0.4, -0.2) is 30.8 Å². The maximum absolute atomic E-state index is 10.4. The summed E-state index contributed by atoms with van der Waals surface area (Å²) in [6.45, 7) is 2.16. The van der Waals surface area contributed by atoms with Gasteiger partial charge in [-0.3, -0.25) is 4.98 Å². The van der Waals surface area contributed by atoms with E-state index in [4.69, 9.17) is 9.84 Å². The van der Waals surface area contributed by atoms with Gasteiger partial charge < -0.3 is 14.4 Å². The van der Waals surface area contributed by atoms with Crippen LogP contribution in [0.25, 0.3) is 6.08 Å². The Kier molecular flexibility index (Phi) is 4.09. The molecule has 0 amide bonds. The second-order valence-corrected chi connectivity index (χ2v) is 4.10. The topological polar surface area (TPSA) is 90.1 Å². The minimum atomic E-state index is -1.01. The molecule has 1 N–H and O–H groups in total. The molecule has 0 unspecified atom stereocenters. The lowest BCUT2D eigenvalue weighted by Gasteiger charge is -2.05. The molecule has 0 radical (unpaired) electrons. The van der Waals surface area contributed by atoms with Crippen LogP contribution in [0.3, 0.4) is 0 Å². The van der Waals surface area contributed by atoms with Crippen molar-refractivity contribution in [1.29, 1.82) is 0 Å². The molecular formula is C13H14N4O3. The second kappa shape index (κ2) is 5.96. The van der Waals surface area contributed by atoms with Crippen LogP contribution in [0.1, 0.15) is 17.3 Å². The Morgan fingerprint density at radius 1 is 1.45 bits per heavy atom. The summed E-state index contributed by atoms with van der Waals surface area (Å²) in [6, 6.07) is 3.40. The van der Waals surface area contributed by atoms with Crippen molar-refractivity contribution in [3.8, 4) is 5.75 Å². The third-order valence-corrected chi connectivity index (χ3v) is 2.71. The van der Waals surface area contributed by atoms with Gasteiger partial charge in [0, 0.05) is 13.1 Å². The van der Waals surface area contributed by atoms with E-state index in [9.17, 15) is 4.79 Å². The third-order valence-electron chi connectivity index (χ3n) is 2.71. The number of aryl methyl sites for hydroxylation is 1. The molecule has 2 aromatic rings. The smallest absolute Gasteiger partial charge is 0.328 e. The summed E-state index contributed by atoms with van der Waals surface area (Å²) in [5, 5.41) is 16.4. The summed E-state index contributed by atoms with van der Waals surface area (Å²) >= 11 is 0. The molecule has 0 spiro atoms. The summed E-state index contributed by atoms with van der Waals surface area (Å²) in [5.74, 6) is 1.11. The largest absolute Gasteiger partial charge is 0.484 e. The summed E-state index contributed by atoms with van der Waals surface area (Å²) in [7, 11) is 1.87. The summed E-state index contributed by atoms with van der Waals surface area (Å²) < 4.78 is 7.39. The molecule has 0 aromatic carbocycles. The van der Waals surface area contributed by atoms with Crippen molar-refractivity contribution < 1.29 is 14.6 Å². The Bertz CT molecular complexity index is 632. The molecule has 0 atom stereocenters. The Balaban J connectivity index is 1.97.